The van der Waals surface area contributed by atoms with Crippen LogP contribution in [0.15, 0.2) is 0 Å². The number of amides is 2. The summed E-state index contributed by atoms with van der Waals surface area (Å²) < 4.78 is 0. The first-order valence-corrected chi connectivity index (χ1v) is 8.06. The second kappa shape index (κ2) is 7.75. The average molecular weight is 323 g/mol. The summed E-state index contributed by atoms with van der Waals surface area (Å²) in [6.45, 7) is 9.31. The third-order valence-electron chi connectivity index (χ3n) is 4.51. The van der Waals surface area contributed by atoms with Gasteiger partial charge in [-0.15, -0.1) is 0 Å². The number of nitrogens with two attached hydrogens (primary N) is 1. The second-order valence-corrected chi connectivity index (χ2v) is 7.42. The van der Waals surface area contributed by atoms with Gasteiger partial charge in [0.15, 0.2) is 0 Å². The number of carbonyl (C=O) groups is 2. The van der Waals surface area contributed by atoms with E-state index in [1.165, 1.54) is 0 Å². The molecule has 1 saturated heterocycles. The zero-order chi connectivity index (χ0) is 17.7. The van der Waals surface area contributed by atoms with Crippen molar-refractivity contribution in [3.8, 4) is 6.07 Å². The summed E-state index contributed by atoms with van der Waals surface area (Å²) in [5.41, 5.74) is 1.81. The first-order chi connectivity index (χ1) is 10.6. The molecule has 0 saturated carbocycles. The van der Waals surface area contributed by atoms with E-state index in [-0.39, 0.29) is 41.8 Å². The third-order valence-corrected chi connectivity index (χ3v) is 4.51. The number of nitriles is 1. The molecule has 2 amide bonds. The van der Waals surface area contributed by atoms with Gasteiger partial charge in [0.25, 0.3) is 0 Å². The van der Waals surface area contributed by atoms with Gasteiger partial charge in [-0.25, -0.2) is 5.84 Å². The minimum Gasteiger partial charge on any atom is -0.353 e. The maximum absolute atomic E-state index is 12.0. The normalized spacial score (nSPS) is 20.5. The van der Waals surface area contributed by atoms with Gasteiger partial charge in [0.1, 0.15) is 0 Å². The van der Waals surface area contributed by atoms with Crippen LogP contribution in [-0.2, 0) is 9.59 Å². The van der Waals surface area contributed by atoms with E-state index in [4.69, 9.17) is 11.1 Å². The van der Waals surface area contributed by atoms with Gasteiger partial charge in [0, 0.05) is 42.9 Å². The summed E-state index contributed by atoms with van der Waals surface area (Å²) in [5.74, 6) is 4.54. The fourth-order valence-electron chi connectivity index (χ4n) is 3.79. The Morgan fingerprint density at radius 1 is 1.17 bits per heavy atom. The van der Waals surface area contributed by atoms with E-state index < -0.39 is 0 Å². The highest BCUT2D eigenvalue weighted by atomic mass is 16.2. The summed E-state index contributed by atoms with van der Waals surface area (Å²) in [5, 5.41) is 11.9. The predicted molar refractivity (Wildman–Crippen MR) is 87.8 cm³/mol. The number of hydrogen-bond donors (Lipinski definition) is 3. The Morgan fingerprint density at radius 2 is 1.70 bits per heavy atom. The van der Waals surface area contributed by atoms with Crippen LogP contribution in [0.25, 0.3) is 0 Å². The zero-order valence-electron chi connectivity index (χ0n) is 14.6. The van der Waals surface area contributed by atoms with Crippen LogP contribution in [0, 0.1) is 11.3 Å². The molecule has 1 heterocycles. The molecule has 0 spiro atoms. The Bertz CT molecular complexity index is 463. The molecule has 23 heavy (non-hydrogen) atoms. The third kappa shape index (κ3) is 5.48. The van der Waals surface area contributed by atoms with Gasteiger partial charge in [0.05, 0.1) is 6.07 Å². The second-order valence-electron chi connectivity index (χ2n) is 7.42. The molecule has 0 aromatic carbocycles. The summed E-state index contributed by atoms with van der Waals surface area (Å²) in [6, 6.07) is 2.27. The quantitative estimate of drug-likeness (QED) is 0.380. The molecule has 0 bridgehead atoms. The highest BCUT2D eigenvalue weighted by Crippen LogP contribution is 2.38. The zero-order valence-corrected chi connectivity index (χ0v) is 14.6. The number of hydrazine groups is 1. The summed E-state index contributed by atoms with van der Waals surface area (Å²) in [6.07, 6.45) is 2.36. The van der Waals surface area contributed by atoms with Crippen LogP contribution in [0.5, 0.6) is 0 Å². The van der Waals surface area contributed by atoms with Crippen LogP contribution in [0.2, 0.25) is 0 Å². The van der Waals surface area contributed by atoms with Crippen molar-refractivity contribution in [1.82, 2.24) is 15.6 Å². The summed E-state index contributed by atoms with van der Waals surface area (Å²) in [4.78, 5) is 25.5. The molecule has 0 aromatic heterocycles. The summed E-state index contributed by atoms with van der Waals surface area (Å²) >= 11 is 0. The van der Waals surface area contributed by atoms with Crippen LogP contribution in [0.4, 0.5) is 0 Å². The van der Waals surface area contributed by atoms with Crippen LogP contribution < -0.4 is 16.6 Å². The van der Waals surface area contributed by atoms with Crippen molar-refractivity contribution in [3.63, 3.8) is 0 Å². The fourth-order valence-corrected chi connectivity index (χ4v) is 3.79. The minimum atomic E-state index is -0.341. The van der Waals surface area contributed by atoms with Crippen molar-refractivity contribution in [2.24, 2.45) is 5.84 Å². The number of nitrogens with zero attached hydrogens (tertiary/aromatic N) is 2. The fraction of sp³-hybridized carbons (Fsp3) is 0.812. The van der Waals surface area contributed by atoms with Crippen molar-refractivity contribution in [2.75, 3.05) is 6.54 Å². The molecule has 7 heteroatoms. The van der Waals surface area contributed by atoms with Crippen LogP contribution in [-0.4, -0.2) is 40.4 Å². The Kier molecular flexibility index (Phi) is 6.54. The topological polar surface area (TPSA) is 111 Å². The molecule has 0 aromatic rings. The number of hydrogen-bond acceptors (Lipinski definition) is 5. The van der Waals surface area contributed by atoms with Gasteiger partial charge >= 0.3 is 0 Å². The molecule has 0 atom stereocenters. The lowest BCUT2D eigenvalue weighted by Gasteiger charge is -2.55. The van der Waals surface area contributed by atoms with Crippen LogP contribution in [0.1, 0.15) is 59.8 Å². The standard InChI is InChI=1S/C16H29N5O2/c1-15(2)10-12(19-13(22)6-7-14(23)20-18)11-16(3,4)21(15)9-5-8-17/h12H,5-7,9-11,18H2,1-4H3,(H,19,22)(H,20,23). The van der Waals surface area contributed by atoms with Crippen molar-refractivity contribution >= 4 is 11.8 Å². The van der Waals surface area contributed by atoms with E-state index in [1.807, 2.05) is 5.43 Å². The van der Waals surface area contributed by atoms with Gasteiger partial charge < -0.3 is 5.32 Å². The SMILES string of the molecule is CC1(C)CC(NC(=O)CCC(=O)NN)CC(C)(C)N1CCC#N. The molecule has 1 rings (SSSR count). The van der Waals surface area contributed by atoms with Gasteiger partial charge in [-0.3, -0.25) is 19.9 Å². The molecular weight excluding hydrogens is 294 g/mol. The molecule has 0 unspecified atom stereocenters. The maximum atomic E-state index is 12.0. The number of likely N-dealkylation sites (tertiary alicyclic amines) is 1. The van der Waals surface area contributed by atoms with Crippen molar-refractivity contribution in [2.45, 2.75) is 76.9 Å². The molecule has 1 fully saturated rings. The van der Waals surface area contributed by atoms with Crippen molar-refractivity contribution in [3.05, 3.63) is 0 Å². The minimum absolute atomic E-state index is 0.0618. The van der Waals surface area contributed by atoms with Gasteiger partial charge in [-0.2, -0.15) is 5.26 Å². The Hall–Kier alpha value is -1.65. The van der Waals surface area contributed by atoms with E-state index >= 15 is 0 Å². The molecule has 1 aliphatic heterocycles. The lowest BCUT2D eigenvalue weighted by atomic mass is 9.76. The van der Waals surface area contributed by atoms with Crippen molar-refractivity contribution < 1.29 is 9.59 Å². The van der Waals surface area contributed by atoms with Gasteiger partial charge in [0.2, 0.25) is 11.8 Å². The van der Waals surface area contributed by atoms with Gasteiger partial charge in [-0.05, 0) is 40.5 Å². The Labute approximate surface area is 138 Å². The van der Waals surface area contributed by atoms with E-state index in [9.17, 15) is 9.59 Å². The molecule has 0 aliphatic carbocycles. The average Bonchev–Trinajstić information content (AvgIpc) is 2.42. The molecule has 130 valence electrons. The predicted octanol–water partition coefficient (Wildman–Crippen LogP) is 0.808. The number of piperidine rings is 1. The number of carbonyl (C=O) groups excluding carboxylic acids is 2. The first-order valence-electron chi connectivity index (χ1n) is 8.06. The molecule has 1 aliphatic rings. The lowest BCUT2D eigenvalue weighted by Crippen LogP contribution is -2.64. The number of nitrogens with one attached hydrogen (secondary N) is 2. The Morgan fingerprint density at radius 3 is 2.17 bits per heavy atom. The van der Waals surface area contributed by atoms with E-state index in [2.05, 4.69) is 44.0 Å². The monoisotopic (exact) mass is 323 g/mol. The molecule has 4 N–H and O–H groups in total. The van der Waals surface area contributed by atoms with Crippen LogP contribution in [0.3, 0.4) is 0 Å². The highest BCUT2D eigenvalue weighted by Gasteiger charge is 2.45. The highest BCUT2D eigenvalue weighted by molar-refractivity contribution is 5.83. The maximum Gasteiger partial charge on any atom is 0.234 e. The largest absolute Gasteiger partial charge is 0.353 e. The summed E-state index contributed by atoms with van der Waals surface area (Å²) in [7, 11) is 0. The smallest absolute Gasteiger partial charge is 0.234 e. The van der Waals surface area contributed by atoms with Crippen molar-refractivity contribution in [1.29, 1.82) is 5.26 Å². The van der Waals surface area contributed by atoms with E-state index in [1.54, 1.807) is 0 Å². The first kappa shape index (κ1) is 19.4. The molecule has 7 nitrogen and oxygen atoms in total. The van der Waals surface area contributed by atoms with E-state index in [0.717, 1.165) is 19.4 Å². The molecule has 0 radical (unpaired) electrons. The van der Waals surface area contributed by atoms with Gasteiger partial charge in [-0.1, -0.05) is 0 Å². The molecular formula is C16H29N5O2. The number of rotatable bonds is 6. The van der Waals surface area contributed by atoms with Crippen LogP contribution >= 0.6 is 0 Å². The Balaban J connectivity index is 2.66. The van der Waals surface area contributed by atoms with E-state index in [0.29, 0.717) is 6.42 Å². The lowest BCUT2D eigenvalue weighted by molar-refractivity contribution is -0.127.